The summed E-state index contributed by atoms with van der Waals surface area (Å²) in [5.41, 5.74) is 1.20. The summed E-state index contributed by atoms with van der Waals surface area (Å²) in [6.45, 7) is 0. The van der Waals surface area contributed by atoms with E-state index in [4.69, 9.17) is 0 Å². The maximum Gasteiger partial charge on any atom is 0.238 e. The van der Waals surface area contributed by atoms with Crippen molar-refractivity contribution in [3.8, 4) is 0 Å². The third-order valence-corrected chi connectivity index (χ3v) is 1.91. The number of nitrogens with one attached hydrogen (secondary N) is 1. The highest BCUT2D eigenvalue weighted by Crippen LogP contribution is 2.23. The first-order chi connectivity index (χ1) is 6.33. The average Bonchev–Trinajstić information content (AvgIpc) is 2.63. The number of para-hydroxylation sites is 1. The Hall–Kier alpha value is -1.81. The molecule has 0 saturated carbocycles. The van der Waals surface area contributed by atoms with Gasteiger partial charge in [-0.25, -0.2) is 0 Å². The summed E-state index contributed by atoms with van der Waals surface area (Å²) in [6.07, 6.45) is 2.11. The molecular formula is C9H8N2O2. The number of hydrogen-bond donors (Lipinski definition) is 2. The lowest BCUT2D eigenvalue weighted by Crippen LogP contribution is -2.14. The Bertz CT molecular complexity index is 436. The summed E-state index contributed by atoms with van der Waals surface area (Å²) in [7, 11) is 0. The summed E-state index contributed by atoms with van der Waals surface area (Å²) >= 11 is 0. The highest BCUT2D eigenvalue weighted by atomic mass is 16.5. The van der Waals surface area contributed by atoms with E-state index in [1.54, 1.807) is 18.3 Å². The molecule has 1 aromatic carbocycles. The van der Waals surface area contributed by atoms with Gasteiger partial charge in [-0.05, 0) is 12.1 Å². The summed E-state index contributed by atoms with van der Waals surface area (Å²) < 4.78 is 0. The summed E-state index contributed by atoms with van der Waals surface area (Å²) in [5.74, 6) is 0. The van der Waals surface area contributed by atoms with Gasteiger partial charge in [0.1, 0.15) is 0 Å². The number of hydroxylamine groups is 1. The normalized spacial score (nSPS) is 10.2. The summed E-state index contributed by atoms with van der Waals surface area (Å²) in [6, 6.07) is 7.21. The Morgan fingerprint density at radius 3 is 3.00 bits per heavy atom. The number of nitrogens with zero attached hydrogens (tertiary/aromatic N) is 1. The SMILES string of the molecule is O=CN(O)c1cccc2cc[nH]c12. The molecule has 13 heavy (non-hydrogen) atoms. The van der Waals surface area contributed by atoms with Gasteiger partial charge in [0.25, 0.3) is 0 Å². The Balaban J connectivity index is 2.67. The fourth-order valence-electron chi connectivity index (χ4n) is 1.32. The van der Waals surface area contributed by atoms with Crippen molar-refractivity contribution in [1.29, 1.82) is 0 Å². The van der Waals surface area contributed by atoms with E-state index in [1.807, 2.05) is 12.1 Å². The van der Waals surface area contributed by atoms with Gasteiger partial charge in [0.2, 0.25) is 6.41 Å². The lowest BCUT2D eigenvalue weighted by atomic mass is 10.2. The molecule has 0 saturated heterocycles. The number of carbonyl (C=O) groups excluding carboxylic acids is 1. The van der Waals surface area contributed by atoms with Crippen molar-refractivity contribution < 1.29 is 10.0 Å². The Kier molecular flexibility index (Phi) is 1.75. The van der Waals surface area contributed by atoms with Gasteiger partial charge in [-0.15, -0.1) is 0 Å². The van der Waals surface area contributed by atoms with Gasteiger partial charge in [0.05, 0.1) is 11.2 Å². The van der Waals surface area contributed by atoms with Crippen LogP contribution >= 0.6 is 0 Å². The highest BCUT2D eigenvalue weighted by molar-refractivity contribution is 5.94. The van der Waals surface area contributed by atoms with Crippen molar-refractivity contribution in [1.82, 2.24) is 4.98 Å². The molecule has 2 N–H and O–H groups in total. The van der Waals surface area contributed by atoms with E-state index >= 15 is 0 Å². The molecule has 0 spiro atoms. The maximum absolute atomic E-state index is 10.3. The van der Waals surface area contributed by atoms with Crippen LogP contribution in [-0.4, -0.2) is 16.6 Å². The Morgan fingerprint density at radius 1 is 1.38 bits per heavy atom. The van der Waals surface area contributed by atoms with Crippen molar-refractivity contribution in [3.05, 3.63) is 30.5 Å². The minimum atomic E-state index is 0.357. The van der Waals surface area contributed by atoms with E-state index in [1.165, 1.54) is 0 Å². The van der Waals surface area contributed by atoms with Crippen LogP contribution in [0.1, 0.15) is 0 Å². The molecule has 1 aromatic heterocycles. The second kappa shape index (κ2) is 2.91. The molecule has 1 amide bonds. The summed E-state index contributed by atoms with van der Waals surface area (Å²) in [5, 5.41) is 10.7. The largest absolute Gasteiger partial charge is 0.359 e. The minimum absolute atomic E-state index is 0.357. The van der Waals surface area contributed by atoms with Crippen LogP contribution in [0.5, 0.6) is 0 Å². The second-order valence-electron chi connectivity index (χ2n) is 2.67. The smallest absolute Gasteiger partial charge is 0.238 e. The van der Waals surface area contributed by atoms with Crippen LogP contribution in [0, 0.1) is 0 Å². The minimum Gasteiger partial charge on any atom is -0.359 e. The monoisotopic (exact) mass is 176 g/mol. The maximum atomic E-state index is 10.3. The van der Waals surface area contributed by atoms with Crippen molar-refractivity contribution in [2.24, 2.45) is 0 Å². The van der Waals surface area contributed by atoms with Gasteiger partial charge >= 0.3 is 0 Å². The Morgan fingerprint density at radius 2 is 2.23 bits per heavy atom. The summed E-state index contributed by atoms with van der Waals surface area (Å²) in [4.78, 5) is 13.3. The number of carbonyl (C=O) groups is 1. The average molecular weight is 176 g/mol. The number of benzene rings is 1. The van der Waals surface area contributed by atoms with Crippen LogP contribution in [0.4, 0.5) is 5.69 Å². The third-order valence-electron chi connectivity index (χ3n) is 1.91. The van der Waals surface area contributed by atoms with E-state index in [9.17, 15) is 10.0 Å². The quantitative estimate of drug-likeness (QED) is 0.414. The predicted octanol–water partition coefficient (Wildman–Crippen LogP) is 1.52. The van der Waals surface area contributed by atoms with Crippen molar-refractivity contribution in [2.45, 2.75) is 0 Å². The van der Waals surface area contributed by atoms with Gasteiger partial charge in [-0.1, -0.05) is 12.1 Å². The molecule has 0 radical (unpaired) electrons. The molecule has 0 unspecified atom stereocenters. The molecular weight excluding hydrogens is 168 g/mol. The zero-order valence-electron chi connectivity index (χ0n) is 6.77. The fourth-order valence-corrected chi connectivity index (χ4v) is 1.32. The topological polar surface area (TPSA) is 56.3 Å². The van der Waals surface area contributed by atoms with Crippen LogP contribution < -0.4 is 5.06 Å². The van der Waals surface area contributed by atoms with Crippen LogP contribution in [-0.2, 0) is 4.79 Å². The molecule has 4 nitrogen and oxygen atoms in total. The molecule has 0 atom stereocenters. The van der Waals surface area contributed by atoms with E-state index in [0.29, 0.717) is 17.2 Å². The van der Waals surface area contributed by atoms with Gasteiger partial charge in [-0.3, -0.25) is 10.0 Å². The number of aromatic amines is 1. The van der Waals surface area contributed by atoms with E-state index in [-0.39, 0.29) is 0 Å². The van der Waals surface area contributed by atoms with Crippen LogP contribution in [0.25, 0.3) is 10.9 Å². The molecule has 0 aliphatic carbocycles. The van der Waals surface area contributed by atoms with E-state index in [2.05, 4.69) is 4.98 Å². The standard InChI is InChI=1S/C9H8N2O2/c12-6-11(13)8-3-1-2-7-4-5-10-9(7)8/h1-6,10,13H. The number of rotatable bonds is 2. The zero-order chi connectivity index (χ0) is 9.26. The number of amides is 1. The number of aromatic nitrogens is 1. The lowest BCUT2D eigenvalue weighted by molar-refractivity contribution is -0.111. The number of hydrogen-bond acceptors (Lipinski definition) is 2. The van der Waals surface area contributed by atoms with E-state index in [0.717, 1.165) is 10.9 Å². The first-order valence-electron chi connectivity index (χ1n) is 3.82. The highest BCUT2D eigenvalue weighted by Gasteiger charge is 2.06. The molecule has 0 aliphatic heterocycles. The first-order valence-corrected chi connectivity index (χ1v) is 3.82. The second-order valence-corrected chi connectivity index (χ2v) is 2.67. The molecule has 2 rings (SSSR count). The van der Waals surface area contributed by atoms with E-state index < -0.39 is 0 Å². The van der Waals surface area contributed by atoms with Crippen molar-refractivity contribution >= 4 is 23.0 Å². The molecule has 4 heteroatoms. The molecule has 1 heterocycles. The van der Waals surface area contributed by atoms with Crippen LogP contribution in [0.15, 0.2) is 30.5 Å². The third kappa shape index (κ3) is 1.17. The van der Waals surface area contributed by atoms with Gasteiger partial charge in [-0.2, -0.15) is 5.06 Å². The molecule has 0 bridgehead atoms. The van der Waals surface area contributed by atoms with Gasteiger partial charge in [0, 0.05) is 11.6 Å². The lowest BCUT2D eigenvalue weighted by Gasteiger charge is -2.08. The molecule has 0 fully saturated rings. The van der Waals surface area contributed by atoms with Gasteiger partial charge in [0.15, 0.2) is 0 Å². The number of H-pyrrole nitrogens is 1. The molecule has 0 aliphatic rings. The predicted molar refractivity (Wildman–Crippen MR) is 48.6 cm³/mol. The Labute approximate surface area is 74.4 Å². The number of anilines is 1. The zero-order valence-corrected chi connectivity index (χ0v) is 6.77. The van der Waals surface area contributed by atoms with Gasteiger partial charge < -0.3 is 4.98 Å². The fraction of sp³-hybridized carbons (Fsp3) is 0. The first kappa shape index (κ1) is 7.82. The molecule has 66 valence electrons. The van der Waals surface area contributed by atoms with Crippen molar-refractivity contribution in [3.63, 3.8) is 0 Å². The van der Waals surface area contributed by atoms with Crippen LogP contribution in [0.3, 0.4) is 0 Å². The number of fused-ring (bicyclic) bond motifs is 1. The van der Waals surface area contributed by atoms with Crippen molar-refractivity contribution in [2.75, 3.05) is 5.06 Å². The van der Waals surface area contributed by atoms with Crippen LogP contribution in [0.2, 0.25) is 0 Å². The molecule has 2 aromatic rings.